The molecule has 7 nitrogen and oxygen atoms in total. The minimum absolute atomic E-state index is 0.0370. The van der Waals surface area contributed by atoms with Crippen LogP contribution in [0.15, 0.2) is 64.1 Å². The average molecular weight is 505 g/mol. The number of carbonyl (C=O) groups is 1. The fourth-order valence-electron chi connectivity index (χ4n) is 4.58. The van der Waals surface area contributed by atoms with Gasteiger partial charge in [-0.05, 0) is 67.8 Å². The highest BCUT2D eigenvalue weighted by Crippen LogP contribution is 2.42. The summed E-state index contributed by atoms with van der Waals surface area (Å²) in [7, 11) is 0. The summed E-state index contributed by atoms with van der Waals surface area (Å²) >= 11 is 6.34. The molecular weight excluding hydrogens is 480 g/mol. The van der Waals surface area contributed by atoms with Crippen molar-refractivity contribution >= 4 is 28.5 Å². The van der Waals surface area contributed by atoms with Crippen molar-refractivity contribution < 1.29 is 18.7 Å². The Hall–Kier alpha value is -3.84. The number of nitrogens with zero attached hydrogens (tertiary/aromatic N) is 2. The van der Waals surface area contributed by atoms with Gasteiger partial charge in [-0.2, -0.15) is 0 Å². The lowest BCUT2D eigenvalue weighted by molar-refractivity contribution is 0.0714. The van der Waals surface area contributed by atoms with Crippen molar-refractivity contribution in [3.63, 3.8) is 0 Å². The molecule has 4 aromatic rings. The molecule has 0 saturated heterocycles. The number of rotatable bonds is 7. The van der Waals surface area contributed by atoms with E-state index in [9.17, 15) is 9.59 Å². The predicted molar refractivity (Wildman–Crippen MR) is 137 cm³/mol. The van der Waals surface area contributed by atoms with Crippen LogP contribution in [0.2, 0.25) is 5.02 Å². The molecule has 184 valence electrons. The van der Waals surface area contributed by atoms with Crippen molar-refractivity contribution in [1.82, 2.24) is 9.88 Å². The zero-order chi connectivity index (χ0) is 25.4. The molecule has 0 spiro atoms. The average Bonchev–Trinajstić information content (AvgIpc) is 3.14. The van der Waals surface area contributed by atoms with Crippen LogP contribution in [0.3, 0.4) is 0 Å². The van der Waals surface area contributed by atoms with Gasteiger partial charge in [0.25, 0.3) is 5.91 Å². The van der Waals surface area contributed by atoms with Crippen molar-refractivity contribution in [2.24, 2.45) is 0 Å². The van der Waals surface area contributed by atoms with Crippen LogP contribution >= 0.6 is 11.6 Å². The molecule has 0 N–H and O–H groups in total. The molecule has 8 heteroatoms. The summed E-state index contributed by atoms with van der Waals surface area (Å²) in [5.74, 6) is 0.814. The number of fused-ring (bicyclic) bond motifs is 2. The molecule has 1 atom stereocenters. The standard InChI is InChI=1S/C28H25ClN2O5/c1-4-34-21-9-8-18(12-23(21)35-5-2)25-24-26(32)19-13-20(29)16(3)11-22(19)36-27(24)28(33)31(25)15-17-7-6-10-30-14-17/h6-14,25H,4-5,15H2,1-3H3/t25-/m1/s1. The Kier molecular flexibility index (Phi) is 6.41. The highest BCUT2D eigenvalue weighted by molar-refractivity contribution is 6.32. The third-order valence-corrected chi connectivity index (χ3v) is 6.61. The first-order chi connectivity index (χ1) is 17.4. The normalized spacial score (nSPS) is 14.8. The van der Waals surface area contributed by atoms with E-state index in [0.29, 0.717) is 46.3 Å². The maximum Gasteiger partial charge on any atom is 0.291 e. The molecule has 0 fully saturated rings. The first-order valence-corrected chi connectivity index (χ1v) is 12.2. The van der Waals surface area contributed by atoms with Crippen molar-refractivity contribution in [3.05, 3.63) is 98.1 Å². The van der Waals surface area contributed by atoms with Gasteiger partial charge in [0, 0.05) is 24.0 Å². The van der Waals surface area contributed by atoms with Gasteiger partial charge >= 0.3 is 0 Å². The summed E-state index contributed by atoms with van der Waals surface area (Å²) in [6.45, 7) is 6.77. The first-order valence-electron chi connectivity index (χ1n) is 11.8. The van der Waals surface area contributed by atoms with Crippen molar-refractivity contribution in [3.8, 4) is 11.5 Å². The van der Waals surface area contributed by atoms with E-state index < -0.39 is 6.04 Å². The Bertz CT molecular complexity index is 1520. The lowest BCUT2D eigenvalue weighted by Gasteiger charge is -2.26. The maximum atomic E-state index is 13.8. The van der Waals surface area contributed by atoms with E-state index in [1.165, 1.54) is 0 Å². The Labute approximate surface area is 213 Å². The highest BCUT2D eigenvalue weighted by atomic mass is 35.5. The van der Waals surface area contributed by atoms with E-state index in [-0.39, 0.29) is 29.2 Å². The number of ether oxygens (including phenoxy) is 2. The molecule has 1 amide bonds. The van der Waals surface area contributed by atoms with Crippen LogP contribution in [0.25, 0.3) is 11.0 Å². The predicted octanol–water partition coefficient (Wildman–Crippen LogP) is 5.69. The van der Waals surface area contributed by atoms with Gasteiger partial charge in [0.1, 0.15) is 5.58 Å². The van der Waals surface area contributed by atoms with Crippen LogP contribution in [-0.2, 0) is 6.54 Å². The first kappa shape index (κ1) is 23.9. The number of halogens is 1. The second kappa shape index (κ2) is 9.66. The molecule has 5 rings (SSSR count). The summed E-state index contributed by atoms with van der Waals surface area (Å²) in [5, 5.41) is 0.795. The van der Waals surface area contributed by atoms with E-state index in [0.717, 1.165) is 11.1 Å². The summed E-state index contributed by atoms with van der Waals surface area (Å²) < 4.78 is 17.6. The third-order valence-electron chi connectivity index (χ3n) is 6.21. The van der Waals surface area contributed by atoms with Crippen LogP contribution in [-0.4, -0.2) is 29.0 Å². The molecule has 36 heavy (non-hydrogen) atoms. The summed E-state index contributed by atoms with van der Waals surface area (Å²) in [6, 6.07) is 11.8. The quantitative estimate of drug-likeness (QED) is 0.321. The Balaban J connectivity index is 1.73. The smallest absolute Gasteiger partial charge is 0.291 e. The molecule has 0 bridgehead atoms. The summed E-state index contributed by atoms with van der Waals surface area (Å²) in [6.07, 6.45) is 3.37. The number of carbonyl (C=O) groups excluding carboxylic acids is 1. The molecule has 1 aliphatic heterocycles. The van der Waals surface area contributed by atoms with Crippen molar-refractivity contribution in [1.29, 1.82) is 0 Å². The number of hydrogen-bond acceptors (Lipinski definition) is 6. The number of pyridine rings is 1. The zero-order valence-corrected chi connectivity index (χ0v) is 21.0. The topological polar surface area (TPSA) is 81.9 Å². The molecule has 2 aromatic carbocycles. The van der Waals surface area contributed by atoms with Gasteiger partial charge < -0.3 is 18.8 Å². The van der Waals surface area contributed by atoms with Crippen LogP contribution in [0.1, 0.15) is 52.7 Å². The minimum atomic E-state index is -0.691. The largest absolute Gasteiger partial charge is 0.490 e. The summed E-state index contributed by atoms with van der Waals surface area (Å²) in [4.78, 5) is 33.3. The lowest BCUT2D eigenvalue weighted by atomic mass is 9.97. The van der Waals surface area contributed by atoms with Gasteiger partial charge in [-0.15, -0.1) is 0 Å². The van der Waals surface area contributed by atoms with Gasteiger partial charge in [-0.25, -0.2) is 0 Å². The maximum absolute atomic E-state index is 13.8. The molecule has 2 aromatic heterocycles. The molecular formula is C28H25ClN2O5. The number of hydrogen-bond donors (Lipinski definition) is 0. The van der Waals surface area contributed by atoms with Crippen LogP contribution in [0.5, 0.6) is 11.5 Å². The van der Waals surface area contributed by atoms with Gasteiger partial charge in [0.15, 0.2) is 16.9 Å². The Morgan fingerprint density at radius 3 is 2.56 bits per heavy atom. The number of benzene rings is 2. The second-order valence-electron chi connectivity index (χ2n) is 8.54. The molecule has 0 unspecified atom stereocenters. The molecule has 0 aliphatic carbocycles. The van der Waals surface area contributed by atoms with Crippen molar-refractivity contribution in [2.75, 3.05) is 13.2 Å². The second-order valence-corrected chi connectivity index (χ2v) is 8.95. The van der Waals surface area contributed by atoms with E-state index in [2.05, 4.69) is 4.98 Å². The van der Waals surface area contributed by atoms with Gasteiger partial charge in [-0.1, -0.05) is 23.7 Å². The molecule has 3 heterocycles. The fraction of sp³-hybridized carbons (Fsp3) is 0.250. The number of aryl methyl sites for hydroxylation is 1. The van der Waals surface area contributed by atoms with Gasteiger partial charge in [-0.3, -0.25) is 14.6 Å². The minimum Gasteiger partial charge on any atom is -0.490 e. The van der Waals surface area contributed by atoms with Crippen molar-refractivity contribution in [2.45, 2.75) is 33.4 Å². The number of amides is 1. The molecule has 0 radical (unpaired) electrons. The highest BCUT2D eigenvalue weighted by Gasteiger charge is 2.43. The van der Waals surface area contributed by atoms with E-state index in [4.69, 9.17) is 25.5 Å². The fourth-order valence-corrected chi connectivity index (χ4v) is 4.74. The lowest BCUT2D eigenvalue weighted by Crippen LogP contribution is -2.29. The van der Waals surface area contributed by atoms with E-state index in [1.54, 1.807) is 35.5 Å². The van der Waals surface area contributed by atoms with Crippen LogP contribution < -0.4 is 14.9 Å². The Morgan fingerprint density at radius 2 is 1.83 bits per heavy atom. The van der Waals surface area contributed by atoms with Crippen LogP contribution in [0.4, 0.5) is 0 Å². The van der Waals surface area contributed by atoms with E-state index in [1.807, 2.05) is 45.0 Å². The van der Waals surface area contributed by atoms with Crippen LogP contribution in [0, 0.1) is 6.92 Å². The van der Waals surface area contributed by atoms with E-state index >= 15 is 0 Å². The summed E-state index contributed by atoms with van der Waals surface area (Å²) in [5.41, 5.74) is 2.63. The number of aromatic nitrogens is 1. The SMILES string of the molecule is CCOc1ccc([C@@H]2c3c(oc4cc(C)c(Cl)cc4c3=O)C(=O)N2Cc2cccnc2)cc1OCC. The van der Waals surface area contributed by atoms with Gasteiger partial charge in [0.2, 0.25) is 5.76 Å². The molecule has 1 aliphatic rings. The zero-order valence-electron chi connectivity index (χ0n) is 20.2. The Morgan fingerprint density at radius 1 is 1.06 bits per heavy atom. The monoisotopic (exact) mass is 504 g/mol. The third kappa shape index (κ3) is 4.09. The molecule has 0 saturated carbocycles. The van der Waals surface area contributed by atoms with Gasteiger partial charge in [0.05, 0.1) is 30.2 Å².